The van der Waals surface area contributed by atoms with Crippen molar-refractivity contribution < 1.29 is 19.3 Å². The van der Waals surface area contributed by atoms with Gasteiger partial charge in [0.1, 0.15) is 5.56 Å². The average Bonchev–Trinajstić information content (AvgIpc) is 3.10. The summed E-state index contributed by atoms with van der Waals surface area (Å²) in [6, 6.07) is 3.36. The molecule has 1 atom stereocenters. The highest BCUT2D eigenvalue weighted by atomic mass is 16.5. The van der Waals surface area contributed by atoms with Crippen molar-refractivity contribution in [3.05, 3.63) is 56.8 Å². The number of benzene rings is 1. The topological polar surface area (TPSA) is 118 Å². The Kier molecular flexibility index (Phi) is 5.86. The van der Waals surface area contributed by atoms with Crippen LogP contribution in [0.25, 0.3) is 0 Å². The summed E-state index contributed by atoms with van der Waals surface area (Å²) in [7, 11) is 6.34. The second-order valence-corrected chi connectivity index (χ2v) is 6.66. The van der Waals surface area contributed by atoms with Crippen LogP contribution in [-0.2, 0) is 6.54 Å². The highest BCUT2D eigenvalue weighted by molar-refractivity contribution is 6.03. The first kappa shape index (κ1) is 21.0. The van der Waals surface area contributed by atoms with Crippen molar-refractivity contribution in [3.63, 3.8) is 0 Å². The quantitative estimate of drug-likeness (QED) is 0.652. The Labute approximate surface area is 172 Å². The Balaban J connectivity index is 2.04. The zero-order chi connectivity index (χ0) is 22.0. The zero-order valence-electron chi connectivity index (χ0n) is 17.3. The van der Waals surface area contributed by atoms with E-state index in [4.69, 9.17) is 14.2 Å². The molecule has 0 aliphatic carbocycles. The summed E-state index contributed by atoms with van der Waals surface area (Å²) < 4.78 is 17.2. The molecule has 0 fully saturated rings. The van der Waals surface area contributed by atoms with Gasteiger partial charge in [-0.25, -0.2) is 4.79 Å². The lowest BCUT2D eigenvalue weighted by atomic mass is 9.98. The molecule has 10 heteroatoms. The maximum Gasteiger partial charge on any atom is 0.331 e. The fourth-order valence-electron chi connectivity index (χ4n) is 3.51. The molecule has 1 aliphatic heterocycles. The van der Waals surface area contributed by atoms with E-state index in [0.717, 1.165) is 10.1 Å². The van der Waals surface area contributed by atoms with Crippen LogP contribution in [0.1, 0.15) is 23.6 Å². The molecule has 1 aliphatic rings. The molecule has 0 saturated heterocycles. The second kappa shape index (κ2) is 8.36. The van der Waals surface area contributed by atoms with E-state index < -0.39 is 17.1 Å². The predicted molar refractivity (Wildman–Crippen MR) is 111 cm³/mol. The van der Waals surface area contributed by atoms with Crippen LogP contribution in [0, 0.1) is 0 Å². The lowest BCUT2D eigenvalue weighted by Crippen LogP contribution is -2.33. The lowest BCUT2D eigenvalue weighted by Gasteiger charge is -2.21. The molecule has 2 aromatic rings. The Morgan fingerprint density at radius 2 is 1.87 bits per heavy atom. The van der Waals surface area contributed by atoms with Crippen LogP contribution in [-0.4, -0.2) is 53.8 Å². The van der Waals surface area contributed by atoms with Crippen LogP contribution >= 0.6 is 0 Å². The van der Waals surface area contributed by atoms with E-state index in [1.165, 1.54) is 27.4 Å². The summed E-state index contributed by atoms with van der Waals surface area (Å²) in [6.07, 6.45) is 1.77. The number of aromatic nitrogens is 2. The van der Waals surface area contributed by atoms with Crippen molar-refractivity contribution in [3.8, 4) is 23.1 Å². The fraction of sp³-hybridized carbons (Fsp3) is 0.350. The molecule has 10 nitrogen and oxygen atoms in total. The molecule has 0 bridgehead atoms. The Morgan fingerprint density at radius 3 is 2.40 bits per heavy atom. The minimum absolute atomic E-state index is 0.0433. The second-order valence-electron chi connectivity index (χ2n) is 6.66. The molecule has 0 radical (unpaired) electrons. The van der Waals surface area contributed by atoms with Crippen molar-refractivity contribution in [2.45, 2.75) is 19.0 Å². The molecular weight excluding hydrogens is 392 g/mol. The SMILES string of the molecule is C=CCn1c(O)c(C2=NN(C)C(c3cc(OC)c(OC)c(OC)c3)C2)c(=O)[nH]c1=O. The largest absolute Gasteiger partial charge is 0.494 e. The van der Waals surface area contributed by atoms with Gasteiger partial charge in [0.2, 0.25) is 11.6 Å². The van der Waals surface area contributed by atoms with Gasteiger partial charge in [-0.1, -0.05) is 6.08 Å². The van der Waals surface area contributed by atoms with Gasteiger partial charge in [-0.15, -0.1) is 6.58 Å². The molecule has 2 heterocycles. The molecule has 0 spiro atoms. The minimum atomic E-state index is -0.714. The summed E-state index contributed by atoms with van der Waals surface area (Å²) in [5, 5.41) is 16.7. The number of rotatable bonds is 7. The van der Waals surface area contributed by atoms with E-state index in [1.54, 1.807) is 12.1 Å². The van der Waals surface area contributed by atoms with Gasteiger partial charge in [0.05, 0.1) is 33.1 Å². The van der Waals surface area contributed by atoms with Crippen LogP contribution in [0.5, 0.6) is 23.1 Å². The summed E-state index contributed by atoms with van der Waals surface area (Å²) in [5.74, 6) is 1.01. The number of nitrogens with zero attached hydrogens (tertiary/aromatic N) is 3. The van der Waals surface area contributed by atoms with E-state index in [9.17, 15) is 14.7 Å². The maximum atomic E-state index is 12.4. The highest BCUT2D eigenvalue weighted by Crippen LogP contribution is 2.42. The number of H-pyrrole nitrogens is 1. The molecule has 0 saturated carbocycles. The number of aromatic hydroxyl groups is 1. The molecule has 1 unspecified atom stereocenters. The highest BCUT2D eigenvalue weighted by Gasteiger charge is 2.31. The molecule has 160 valence electrons. The van der Waals surface area contributed by atoms with Crippen molar-refractivity contribution in [1.29, 1.82) is 0 Å². The summed E-state index contributed by atoms with van der Waals surface area (Å²) in [6.45, 7) is 3.61. The standard InChI is InChI=1S/C20H24N4O6/c1-6-7-24-19(26)16(18(25)21-20(24)27)12-10-13(23(2)22-12)11-8-14(28-3)17(30-5)15(9-11)29-4/h6,8-9,13,26H,1,7,10H2,2-5H3,(H,21,25,27). The van der Waals surface area contributed by atoms with Gasteiger partial charge in [-0.05, 0) is 17.7 Å². The molecular formula is C20H24N4O6. The Bertz CT molecular complexity index is 1090. The molecule has 1 aromatic carbocycles. The van der Waals surface area contributed by atoms with E-state index in [2.05, 4.69) is 16.7 Å². The molecule has 1 aromatic heterocycles. The van der Waals surface area contributed by atoms with Gasteiger partial charge >= 0.3 is 5.69 Å². The van der Waals surface area contributed by atoms with Crippen LogP contribution in [0.3, 0.4) is 0 Å². The monoisotopic (exact) mass is 416 g/mol. The van der Waals surface area contributed by atoms with Crippen LogP contribution in [0.4, 0.5) is 0 Å². The summed E-state index contributed by atoms with van der Waals surface area (Å²) >= 11 is 0. The number of aromatic amines is 1. The minimum Gasteiger partial charge on any atom is -0.494 e. The van der Waals surface area contributed by atoms with E-state index in [1.807, 2.05) is 12.1 Å². The van der Waals surface area contributed by atoms with Crippen molar-refractivity contribution >= 4 is 5.71 Å². The van der Waals surface area contributed by atoms with Gasteiger partial charge in [0.15, 0.2) is 11.5 Å². The van der Waals surface area contributed by atoms with Gasteiger partial charge < -0.3 is 19.3 Å². The third-order valence-corrected chi connectivity index (χ3v) is 4.96. The Hall–Kier alpha value is -3.69. The van der Waals surface area contributed by atoms with Crippen molar-refractivity contribution in [1.82, 2.24) is 14.6 Å². The first-order valence-corrected chi connectivity index (χ1v) is 9.13. The third kappa shape index (κ3) is 3.51. The van der Waals surface area contributed by atoms with Gasteiger partial charge in [-0.2, -0.15) is 5.10 Å². The number of hydrazone groups is 1. The first-order valence-electron chi connectivity index (χ1n) is 9.13. The fourth-order valence-corrected chi connectivity index (χ4v) is 3.51. The number of methoxy groups -OCH3 is 3. The van der Waals surface area contributed by atoms with Crippen LogP contribution < -0.4 is 25.5 Å². The smallest absolute Gasteiger partial charge is 0.331 e. The summed E-state index contributed by atoms with van der Waals surface area (Å²) in [4.78, 5) is 26.6. The lowest BCUT2D eigenvalue weighted by molar-refractivity contribution is 0.284. The van der Waals surface area contributed by atoms with Gasteiger partial charge in [0, 0.05) is 20.0 Å². The van der Waals surface area contributed by atoms with Crippen molar-refractivity contribution in [2.75, 3.05) is 28.4 Å². The van der Waals surface area contributed by atoms with E-state index >= 15 is 0 Å². The van der Waals surface area contributed by atoms with Crippen LogP contribution in [0.2, 0.25) is 0 Å². The predicted octanol–water partition coefficient (Wildman–Crippen LogP) is 1.23. The third-order valence-electron chi connectivity index (χ3n) is 4.96. The molecule has 3 rings (SSSR count). The normalized spacial score (nSPS) is 15.7. The first-order chi connectivity index (χ1) is 14.4. The van der Waals surface area contributed by atoms with Gasteiger partial charge in [0.25, 0.3) is 5.56 Å². The number of allylic oxidation sites excluding steroid dienone is 1. The molecule has 0 amide bonds. The molecule has 2 N–H and O–H groups in total. The maximum absolute atomic E-state index is 12.4. The van der Waals surface area contributed by atoms with E-state index in [-0.39, 0.29) is 18.2 Å². The zero-order valence-corrected chi connectivity index (χ0v) is 17.3. The molecule has 30 heavy (non-hydrogen) atoms. The number of nitrogens with one attached hydrogen (secondary N) is 1. The number of hydrogen-bond acceptors (Lipinski definition) is 8. The number of ether oxygens (including phenoxy) is 3. The van der Waals surface area contributed by atoms with Crippen molar-refractivity contribution in [2.24, 2.45) is 5.10 Å². The van der Waals surface area contributed by atoms with Gasteiger partial charge in [-0.3, -0.25) is 19.4 Å². The summed E-state index contributed by atoms with van der Waals surface area (Å²) in [5.41, 5.74) is -0.281. The Morgan fingerprint density at radius 1 is 1.23 bits per heavy atom. The van der Waals surface area contributed by atoms with E-state index in [0.29, 0.717) is 29.4 Å². The number of hydrogen-bond donors (Lipinski definition) is 2. The van der Waals surface area contributed by atoms with Crippen LogP contribution in [0.15, 0.2) is 39.5 Å². The average molecular weight is 416 g/mol.